The van der Waals surface area contributed by atoms with Crippen LogP contribution in [0.15, 0.2) is 27.8 Å². The largest absolute Gasteiger partial charge is 0.469 e. The molecule has 2 N–H and O–H groups in total. The van der Waals surface area contributed by atoms with E-state index in [-0.39, 0.29) is 30.7 Å². The molecule has 1 aromatic rings. The Hall–Kier alpha value is -0.830. The molecule has 1 atom stereocenters. The number of furan rings is 1. The van der Waals surface area contributed by atoms with E-state index in [0.29, 0.717) is 19.0 Å². The average molecular weight is 452 g/mol. The summed E-state index contributed by atoms with van der Waals surface area (Å²) < 4.78 is 17.6. The van der Waals surface area contributed by atoms with E-state index in [9.17, 15) is 4.39 Å². The maximum absolute atomic E-state index is 12.3. The number of nitrogens with one attached hydrogen (secondary N) is 2. The maximum atomic E-state index is 12.3. The molecule has 0 aromatic carbocycles. The highest BCUT2D eigenvalue weighted by Crippen LogP contribution is 2.16. The van der Waals surface area contributed by atoms with Crippen LogP contribution < -0.4 is 10.6 Å². The number of guanidine groups is 1. The van der Waals surface area contributed by atoms with Crippen LogP contribution in [0, 0.1) is 0 Å². The normalized spacial score (nSPS) is 18.4. The zero-order chi connectivity index (χ0) is 16.3. The lowest BCUT2D eigenvalue weighted by molar-refractivity contribution is 0.273. The molecule has 24 heavy (non-hydrogen) atoms. The second-order valence-corrected chi connectivity index (χ2v) is 5.84. The summed E-state index contributed by atoms with van der Waals surface area (Å²) in [4.78, 5) is 7.17. The number of halogens is 2. The van der Waals surface area contributed by atoms with Crippen molar-refractivity contribution in [1.29, 1.82) is 0 Å². The molecule has 0 radical (unpaired) electrons. The highest BCUT2D eigenvalue weighted by molar-refractivity contribution is 14.0. The van der Waals surface area contributed by atoms with E-state index in [1.807, 2.05) is 12.1 Å². The Labute approximate surface area is 161 Å². The number of alkyl halides is 1. The first-order chi connectivity index (χ1) is 11.3. The standard InChI is InChI=1S/C17H29FN4O.HI/c1-2-22-12-3-6-15(22)14-21-17(19-10-5-9-18)20-11-8-16-7-4-13-23-16;/h4,7,13,15H,2-3,5-6,8-12,14H2,1H3,(H2,19,20,21);1H. The van der Waals surface area contributed by atoms with E-state index in [2.05, 4.69) is 22.5 Å². The molecule has 1 fully saturated rings. The van der Waals surface area contributed by atoms with Crippen molar-refractivity contribution in [3.05, 3.63) is 24.2 Å². The third kappa shape index (κ3) is 7.38. The molecule has 0 bridgehead atoms. The molecular formula is C17H30FIN4O. The second-order valence-electron chi connectivity index (χ2n) is 5.84. The van der Waals surface area contributed by atoms with Crippen molar-refractivity contribution in [2.24, 2.45) is 4.99 Å². The van der Waals surface area contributed by atoms with Crippen LogP contribution in [0.2, 0.25) is 0 Å². The summed E-state index contributed by atoms with van der Waals surface area (Å²) in [5, 5.41) is 6.52. The molecule has 2 rings (SSSR count). The van der Waals surface area contributed by atoms with Crippen LogP contribution in [0.1, 0.15) is 31.9 Å². The monoisotopic (exact) mass is 452 g/mol. The summed E-state index contributed by atoms with van der Waals surface area (Å²) >= 11 is 0. The quantitative estimate of drug-likeness (QED) is 0.262. The number of likely N-dealkylation sites (tertiary alicyclic amines) is 1. The molecule has 1 aliphatic heterocycles. The minimum absolute atomic E-state index is 0. The van der Waals surface area contributed by atoms with E-state index in [4.69, 9.17) is 9.41 Å². The molecular weight excluding hydrogens is 422 g/mol. The molecule has 5 nitrogen and oxygen atoms in total. The highest BCUT2D eigenvalue weighted by atomic mass is 127. The third-order valence-corrected chi connectivity index (χ3v) is 4.21. The minimum Gasteiger partial charge on any atom is -0.469 e. The lowest BCUT2D eigenvalue weighted by Crippen LogP contribution is -2.40. The maximum Gasteiger partial charge on any atom is 0.191 e. The predicted octanol–water partition coefficient (Wildman–Crippen LogP) is 2.82. The van der Waals surface area contributed by atoms with Crippen molar-refractivity contribution < 1.29 is 8.81 Å². The second kappa shape index (κ2) is 12.5. The van der Waals surface area contributed by atoms with Crippen LogP contribution >= 0.6 is 24.0 Å². The molecule has 0 aliphatic carbocycles. The number of aliphatic imine (C=N–C) groups is 1. The lowest BCUT2D eigenvalue weighted by atomic mass is 10.2. The van der Waals surface area contributed by atoms with Crippen molar-refractivity contribution >= 4 is 29.9 Å². The van der Waals surface area contributed by atoms with Gasteiger partial charge in [-0.15, -0.1) is 24.0 Å². The summed E-state index contributed by atoms with van der Waals surface area (Å²) in [5.74, 6) is 1.72. The van der Waals surface area contributed by atoms with Gasteiger partial charge in [0.2, 0.25) is 0 Å². The van der Waals surface area contributed by atoms with E-state index >= 15 is 0 Å². The number of likely N-dealkylation sites (N-methyl/N-ethyl adjacent to an activating group) is 1. The van der Waals surface area contributed by atoms with Gasteiger partial charge in [-0.05, 0) is 44.5 Å². The topological polar surface area (TPSA) is 52.8 Å². The van der Waals surface area contributed by atoms with Gasteiger partial charge in [-0.1, -0.05) is 6.92 Å². The van der Waals surface area contributed by atoms with E-state index in [1.165, 1.54) is 19.4 Å². The number of hydrogen-bond acceptors (Lipinski definition) is 3. The smallest absolute Gasteiger partial charge is 0.191 e. The molecule has 1 aliphatic rings. The molecule has 1 saturated heterocycles. The van der Waals surface area contributed by atoms with E-state index in [0.717, 1.165) is 37.8 Å². The van der Waals surface area contributed by atoms with Crippen LogP contribution in [0.4, 0.5) is 4.39 Å². The van der Waals surface area contributed by atoms with Crippen molar-refractivity contribution in [3.63, 3.8) is 0 Å². The molecule has 1 unspecified atom stereocenters. The van der Waals surface area contributed by atoms with Gasteiger partial charge in [0.15, 0.2) is 5.96 Å². The fourth-order valence-corrected chi connectivity index (χ4v) is 2.92. The molecule has 1 aromatic heterocycles. The molecule has 2 heterocycles. The Morgan fingerprint density at radius 2 is 2.25 bits per heavy atom. The van der Waals surface area contributed by atoms with Crippen LogP contribution in [0.5, 0.6) is 0 Å². The van der Waals surface area contributed by atoms with Gasteiger partial charge in [-0.25, -0.2) is 0 Å². The van der Waals surface area contributed by atoms with Crippen LogP contribution in [0.25, 0.3) is 0 Å². The predicted molar refractivity (Wildman–Crippen MR) is 107 cm³/mol. The summed E-state index contributed by atoms with van der Waals surface area (Å²) in [7, 11) is 0. The number of nitrogens with zero attached hydrogens (tertiary/aromatic N) is 2. The van der Waals surface area contributed by atoms with Gasteiger partial charge in [-0.2, -0.15) is 0 Å². The minimum atomic E-state index is -0.307. The molecule has 0 amide bonds. The summed E-state index contributed by atoms with van der Waals surface area (Å²) in [5.41, 5.74) is 0. The average Bonchev–Trinajstić information content (AvgIpc) is 3.23. The van der Waals surface area contributed by atoms with Crippen LogP contribution in [-0.4, -0.2) is 56.3 Å². The Morgan fingerprint density at radius 3 is 2.96 bits per heavy atom. The van der Waals surface area contributed by atoms with Gasteiger partial charge in [0.05, 0.1) is 19.5 Å². The summed E-state index contributed by atoms with van der Waals surface area (Å²) in [6.45, 7) is 6.29. The van der Waals surface area contributed by atoms with E-state index < -0.39 is 0 Å². The fourth-order valence-electron chi connectivity index (χ4n) is 2.92. The zero-order valence-electron chi connectivity index (χ0n) is 14.5. The van der Waals surface area contributed by atoms with Gasteiger partial charge < -0.3 is 15.1 Å². The zero-order valence-corrected chi connectivity index (χ0v) is 16.8. The van der Waals surface area contributed by atoms with Crippen LogP contribution in [0.3, 0.4) is 0 Å². The van der Waals surface area contributed by atoms with E-state index in [1.54, 1.807) is 6.26 Å². The first-order valence-electron chi connectivity index (χ1n) is 8.68. The molecule has 7 heteroatoms. The first kappa shape index (κ1) is 21.2. The van der Waals surface area contributed by atoms with Crippen molar-refractivity contribution in [2.45, 2.75) is 38.6 Å². The number of hydrogen-bond donors (Lipinski definition) is 2. The van der Waals surface area contributed by atoms with Crippen molar-refractivity contribution in [3.8, 4) is 0 Å². The highest BCUT2D eigenvalue weighted by Gasteiger charge is 2.22. The van der Waals surface area contributed by atoms with Gasteiger partial charge in [0, 0.05) is 25.6 Å². The van der Waals surface area contributed by atoms with Gasteiger partial charge in [-0.3, -0.25) is 14.3 Å². The van der Waals surface area contributed by atoms with Gasteiger partial charge >= 0.3 is 0 Å². The Bertz CT molecular complexity index is 455. The molecule has 0 saturated carbocycles. The Kier molecular flexibility index (Phi) is 11.1. The summed E-state index contributed by atoms with van der Waals surface area (Å²) in [6.07, 6.45) is 5.46. The van der Waals surface area contributed by atoms with Gasteiger partial charge in [0.25, 0.3) is 0 Å². The number of rotatable bonds is 9. The fraction of sp³-hybridized carbons (Fsp3) is 0.706. The SMILES string of the molecule is CCN1CCCC1CN=C(NCCCF)NCCc1ccco1.I. The Morgan fingerprint density at radius 1 is 1.42 bits per heavy atom. The van der Waals surface area contributed by atoms with Crippen molar-refractivity contribution in [2.75, 3.05) is 39.4 Å². The van der Waals surface area contributed by atoms with Gasteiger partial charge in [0.1, 0.15) is 5.76 Å². The molecule has 0 spiro atoms. The van der Waals surface area contributed by atoms with Crippen LogP contribution in [-0.2, 0) is 6.42 Å². The Balaban J connectivity index is 0.00000288. The lowest BCUT2D eigenvalue weighted by Gasteiger charge is -2.21. The summed E-state index contributed by atoms with van der Waals surface area (Å²) in [6, 6.07) is 4.39. The first-order valence-corrected chi connectivity index (χ1v) is 8.68. The third-order valence-electron chi connectivity index (χ3n) is 4.21. The molecule has 138 valence electrons. The van der Waals surface area contributed by atoms with Crippen molar-refractivity contribution in [1.82, 2.24) is 15.5 Å².